The Morgan fingerprint density at radius 1 is 0.727 bits per heavy atom. The maximum Gasteiger partial charge on any atom is 0.233 e. The second-order valence-electron chi connectivity index (χ2n) is 9.58. The molecule has 0 bridgehead atoms. The number of nitrogens with one attached hydrogen (secondary N) is 4. The fourth-order valence-electron chi connectivity index (χ4n) is 3.95. The third-order valence-corrected chi connectivity index (χ3v) is 6.22. The third-order valence-electron chi connectivity index (χ3n) is 6.22. The molecule has 232 valence electrons. The lowest BCUT2D eigenvalue weighted by atomic mass is 10.1. The average molecular weight is 602 g/mol. The minimum absolute atomic E-state index is 0.0800. The van der Waals surface area contributed by atoms with E-state index < -0.39 is 0 Å². The molecule has 1 amide bonds. The molecule has 0 saturated heterocycles. The van der Waals surface area contributed by atoms with Gasteiger partial charge in [0.25, 0.3) is 0 Å². The van der Waals surface area contributed by atoms with Crippen molar-refractivity contribution in [1.82, 2.24) is 25.3 Å². The summed E-state index contributed by atoms with van der Waals surface area (Å²) in [5.41, 5.74) is 9.11. The molecule has 2 aromatic heterocycles. The number of aromatic nitrogens is 4. The lowest BCUT2D eigenvalue weighted by molar-refractivity contribution is -0.120. The van der Waals surface area contributed by atoms with E-state index in [0.29, 0.717) is 70.5 Å². The average Bonchev–Trinajstić information content (AvgIpc) is 3.05. The molecular formula is C31H39N9O4. The van der Waals surface area contributed by atoms with Crippen LogP contribution in [0.4, 0.5) is 23.5 Å². The maximum absolute atomic E-state index is 12.3. The van der Waals surface area contributed by atoms with Crippen molar-refractivity contribution in [2.24, 2.45) is 5.73 Å². The fourth-order valence-corrected chi connectivity index (χ4v) is 3.95. The Hall–Kier alpha value is -4.85. The maximum atomic E-state index is 12.3. The molecule has 0 aliphatic carbocycles. The zero-order valence-electron chi connectivity index (χ0n) is 24.8. The lowest BCUT2D eigenvalue weighted by Gasteiger charge is -2.12. The number of hydrogen-bond acceptors (Lipinski definition) is 12. The van der Waals surface area contributed by atoms with Gasteiger partial charge in [0.15, 0.2) is 0 Å². The summed E-state index contributed by atoms with van der Waals surface area (Å²) in [6.07, 6.45) is 3.74. The first-order chi connectivity index (χ1) is 21.6. The molecule has 0 atom stereocenters. The van der Waals surface area contributed by atoms with Gasteiger partial charge in [-0.15, -0.1) is 0 Å². The molecule has 0 unspecified atom stereocenters. The van der Waals surface area contributed by atoms with Gasteiger partial charge in [0.1, 0.15) is 5.75 Å². The molecular weight excluding hydrogens is 562 g/mol. The second kappa shape index (κ2) is 18.0. The zero-order valence-corrected chi connectivity index (χ0v) is 24.8. The first kappa shape index (κ1) is 32.1. The van der Waals surface area contributed by atoms with Crippen LogP contribution in [-0.2, 0) is 33.8 Å². The highest BCUT2D eigenvalue weighted by molar-refractivity contribution is 5.78. The van der Waals surface area contributed by atoms with E-state index in [4.69, 9.17) is 19.9 Å². The summed E-state index contributed by atoms with van der Waals surface area (Å²) in [6.45, 7) is 3.85. The van der Waals surface area contributed by atoms with E-state index in [1.807, 2.05) is 60.7 Å². The SMILES string of the molecule is COc1ccc(CNc2nc(NCc3ccncc3)nc(Nc3ccc(CC(=O)NCCOCCOCCN)cc3)n2)cc1. The van der Waals surface area contributed by atoms with Crippen LogP contribution in [0.15, 0.2) is 73.1 Å². The standard InChI is InChI=1S/C31H39N9O4/c1-42-27-8-4-24(5-9-27)21-35-29-38-30(36-22-25-10-13-33-14-11-25)40-31(39-29)37-26-6-2-23(3-7-26)20-28(41)34-15-17-44-19-18-43-16-12-32/h2-11,13-14H,12,15-22,32H2,1H3,(H,34,41)(H3,35,36,37,38,39,40). The fraction of sp³-hybridized carbons (Fsp3) is 0.323. The molecule has 4 rings (SSSR count). The predicted octanol–water partition coefficient (Wildman–Crippen LogP) is 2.89. The number of ether oxygens (including phenoxy) is 3. The molecule has 2 aromatic carbocycles. The molecule has 0 radical (unpaired) electrons. The van der Waals surface area contributed by atoms with Crippen LogP contribution in [0, 0.1) is 0 Å². The molecule has 13 nitrogen and oxygen atoms in total. The summed E-state index contributed by atoms with van der Waals surface area (Å²) < 4.78 is 15.9. The van der Waals surface area contributed by atoms with Crippen LogP contribution < -0.4 is 31.7 Å². The highest BCUT2D eigenvalue weighted by atomic mass is 16.5. The van der Waals surface area contributed by atoms with Gasteiger partial charge in [-0.2, -0.15) is 15.0 Å². The summed E-state index contributed by atoms with van der Waals surface area (Å²) in [4.78, 5) is 30.1. The van der Waals surface area contributed by atoms with Gasteiger partial charge in [-0.05, 0) is 53.1 Å². The van der Waals surface area contributed by atoms with Crippen LogP contribution in [0.3, 0.4) is 0 Å². The summed E-state index contributed by atoms with van der Waals surface area (Å²) in [5, 5.41) is 12.6. The largest absolute Gasteiger partial charge is 0.497 e. The number of methoxy groups -OCH3 is 1. The summed E-state index contributed by atoms with van der Waals surface area (Å²) >= 11 is 0. The van der Waals surface area contributed by atoms with Gasteiger partial charge >= 0.3 is 0 Å². The first-order valence-electron chi connectivity index (χ1n) is 14.3. The number of rotatable bonds is 19. The molecule has 0 aliphatic rings. The van der Waals surface area contributed by atoms with Crippen molar-refractivity contribution < 1.29 is 19.0 Å². The van der Waals surface area contributed by atoms with Gasteiger partial charge in [-0.25, -0.2) is 0 Å². The number of nitrogens with two attached hydrogens (primary N) is 1. The van der Waals surface area contributed by atoms with Crippen LogP contribution in [0.25, 0.3) is 0 Å². The quantitative estimate of drug-likeness (QED) is 0.0998. The molecule has 0 fully saturated rings. The minimum atomic E-state index is -0.0800. The van der Waals surface area contributed by atoms with Crippen molar-refractivity contribution in [3.8, 4) is 5.75 Å². The summed E-state index contributed by atoms with van der Waals surface area (Å²) in [6, 6.07) is 19.2. The van der Waals surface area contributed by atoms with Crippen LogP contribution in [0.2, 0.25) is 0 Å². The van der Waals surface area contributed by atoms with Gasteiger partial charge in [0.05, 0.1) is 40.0 Å². The lowest BCUT2D eigenvalue weighted by Crippen LogP contribution is -2.29. The Balaban J connectivity index is 1.32. The van der Waals surface area contributed by atoms with Crippen molar-refractivity contribution in [1.29, 1.82) is 0 Å². The van der Waals surface area contributed by atoms with Crippen molar-refractivity contribution in [2.75, 3.05) is 62.6 Å². The van der Waals surface area contributed by atoms with Gasteiger partial charge in [-0.1, -0.05) is 24.3 Å². The van der Waals surface area contributed by atoms with E-state index in [9.17, 15) is 4.79 Å². The van der Waals surface area contributed by atoms with Crippen molar-refractivity contribution in [2.45, 2.75) is 19.5 Å². The van der Waals surface area contributed by atoms with E-state index in [1.54, 1.807) is 19.5 Å². The van der Waals surface area contributed by atoms with Crippen molar-refractivity contribution >= 4 is 29.4 Å². The number of benzene rings is 2. The van der Waals surface area contributed by atoms with Crippen LogP contribution >= 0.6 is 0 Å². The van der Waals surface area contributed by atoms with Crippen molar-refractivity contribution in [3.05, 3.63) is 89.7 Å². The van der Waals surface area contributed by atoms with Gasteiger partial charge in [0.2, 0.25) is 23.8 Å². The van der Waals surface area contributed by atoms with E-state index in [1.165, 1.54) is 0 Å². The second-order valence-corrected chi connectivity index (χ2v) is 9.58. The molecule has 0 saturated carbocycles. The van der Waals surface area contributed by atoms with E-state index >= 15 is 0 Å². The highest BCUT2D eigenvalue weighted by Crippen LogP contribution is 2.18. The number of hydrogen-bond donors (Lipinski definition) is 5. The number of anilines is 4. The number of carbonyl (C=O) groups is 1. The molecule has 2 heterocycles. The molecule has 13 heteroatoms. The Labute approximate surface area is 257 Å². The minimum Gasteiger partial charge on any atom is -0.497 e. The topological polar surface area (TPSA) is 170 Å². The van der Waals surface area contributed by atoms with E-state index in [-0.39, 0.29) is 12.3 Å². The summed E-state index contributed by atoms with van der Waals surface area (Å²) in [5.74, 6) is 1.91. The number of carbonyl (C=O) groups excluding carboxylic acids is 1. The van der Waals surface area contributed by atoms with Crippen molar-refractivity contribution in [3.63, 3.8) is 0 Å². The number of amides is 1. The molecule has 6 N–H and O–H groups in total. The van der Waals surface area contributed by atoms with Crippen LogP contribution in [0.5, 0.6) is 5.75 Å². The van der Waals surface area contributed by atoms with Crippen LogP contribution in [0.1, 0.15) is 16.7 Å². The Morgan fingerprint density at radius 3 is 1.95 bits per heavy atom. The van der Waals surface area contributed by atoms with E-state index in [2.05, 4.69) is 41.2 Å². The molecule has 44 heavy (non-hydrogen) atoms. The van der Waals surface area contributed by atoms with E-state index in [0.717, 1.165) is 28.1 Å². The Morgan fingerprint density at radius 2 is 1.32 bits per heavy atom. The molecule has 0 aliphatic heterocycles. The Bertz CT molecular complexity index is 1410. The third kappa shape index (κ3) is 11.4. The molecule has 0 spiro atoms. The number of nitrogens with zero attached hydrogens (tertiary/aromatic N) is 4. The molecule has 4 aromatic rings. The van der Waals surface area contributed by atoms with Gasteiger partial charge in [-0.3, -0.25) is 9.78 Å². The highest BCUT2D eigenvalue weighted by Gasteiger charge is 2.09. The zero-order chi connectivity index (χ0) is 30.8. The predicted molar refractivity (Wildman–Crippen MR) is 169 cm³/mol. The van der Waals surface area contributed by atoms with Gasteiger partial charge < -0.3 is 41.2 Å². The first-order valence-corrected chi connectivity index (χ1v) is 14.3. The normalized spacial score (nSPS) is 10.7. The number of pyridine rings is 1. The smallest absolute Gasteiger partial charge is 0.233 e. The monoisotopic (exact) mass is 601 g/mol. The Kier molecular flexibility index (Phi) is 13.1. The van der Waals surface area contributed by atoms with Gasteiger partial charge in [0, 0.05) is 44.3 Å². The summed E-state index contributed by atoms with van der Waals surface area (Å²) in [7, 11) is 1.64. The van der Waals surface area contributed by atoms with Crippen LogP contribution in [-0.4, -0.2) is 72.5 Å².